The zero-order chi connectivity index (χ0) is 14.8. The maximum Gasteiger partial charge on any atom is 0.176 e. The Bertz CT molecular complexity index is 516. The second kappa shape index (κ2) is 6.31. The topological polar surface area (TPSA) is 20.3 Å². The van der Waals surface area contributed by atoms with E-state index in [2.05, 4.69) is 30.9 Å². The van der Waals surface area contributed by atoms with Crippen LogP contribution >= 0.6 is 0 Å². The molecule has 0 spiro atoms. The number of ketones is 1. The summed E-state index contributed by atoms with van der Waals surface area (Å²) in [5, 5.41) is 0. The van der Waals surface area contributed by atoms with Gasteiger partial charge in [-0.15, -0.1) is 0 Å². The summed E-state index contributed by atoms with van der Waals surface area (Å²) in [4.78, 5) is 15.0. The highest BCUT2D eigenvalue weighted by Crippen LogP contribution is 2.28. The molecule has 0 atom stereocenters. The van der Waals surface area contributed by atoms with E-state index in [4.69, 9.17) is 0 Å². The van der Waals surface area contributed by atoms with Crippen LogP contribution < -0.4 is 0 Å². The van der Waals surface area contributed by atoms with E-state index in [1.807, 2.05) is 6.07 Å². The highest BCUT2D eigenvalue weighted by Gasteiger charge is 2.30. The number of aryl methyl sites for hydroxylation is 2. The first kappa shape index (κ1) is 14.8. The summed E-state index contributed by atoms with van der Waals surface area (Å²) in [6, 6.07) is 7.03. The van der Waals surface area contributed by atoms with Gasteiger partial charge in [-0.2, -0.15) is 0 Å². The number of carbonyl (C=O) groups is 1. The van der Waals surface area contributed by atoms with Gasteiger partial charge in [0.05, 0.1) is 6.54 Å². The molecule has 0 N–H and O–H groups in total. The second-order valence-corrected chi connectivity index (χ2v) is 7.14. The van der Waals surface area contributed by atoms with Crippen LogP contribution in [-0.2, 0) is 12.8 Å². The number of benzene rings is 1. The van der Waals surface area contributed by atoms with Crippen molar-refractivity contribution in [2.24, 2.45) is 5.92 Å². The van der Waals surface area contributed by atoms with Crippen molar-refractivity contribution in [3.8, 4) is 0 Å². The number of hydrogen-bond donors (Lipinski definition) is 0. The van der Waals surface area contributed by atoms with Crippen molar-refractivity contribution >= 4 is 5.78 Å². The third kappa shape index (κ3) is 3.74. The molecular formula is C19H27NO. The van der Waals surface area contributed by atoms with Crippen LogP contribution in [0.15, 0.2) is 18.2 Å². The molecule has 1 saturated carbocycles. The number of rotatable bonds is 7. The molecule has 0 heterocycles. The minimum atomic E-state index is 0.306. The van der Waals surface area contributed by atoms with Gasteiger partial charge in [0.1, 0.15) is 0 Å². The standard InChI is InChI=1S/C19H27NO/c1-14(2)10-11-20(18-8-9-18)13-19(21)17-7-6-15-4-3-5-16(15)12-17/h6-7,12,14,18H,3-5,8-11,13H2,1-2H3. The molecule has 2 aliphatic rings. The average Bonchev–Trinajstić information content (AvgIpc) is 3.19. The van der Waals surface area contributed by atoms with E-state index in [0.717, 1.165) is 18.5 Å². The summed E-state index contributed by atoms with van der Waals surface area (Å²) in [6.45, 7) is 6.19. The Morgan fingerprint density at radius 3 is 2.71 bits per heavy atom. The number of nitrogens with zero attached hydrogens (tertiary/aromatic N) is 1. The summed E-state index contributed by atoms with van der Waals surface area (Å²) in [5.74, 6) is 1.02. The first-order valence-corrected chi connectivity index (χ1v) is 8.52. The van der Waals surface area contributed by atoms with Crippen LogP contribution in [-0.4, -0.2) is 29.8 Å². The summed E-state index contributed by atoms with van der Waals surface area (Å²) in [7, 11) is 0. The lowest BCUT2D eigenvalue weighted by molar-refractivity contribution is 0.0920. The van der Waals surface area contributed by atoms with E-state index < -0.39 is 0 Å². The molecule has 1 aromatic rings. The van der Waals surface area contributed by atoms with Crippen molar-refractivity contribution < 1.29 is 4.79 Å². The van der Waals surface area contributed by atoms with Crippen molar-refractivity contribution in [1.82, 2.24) is 4.90 Å². The van der Waals surface area contributed by atoms with Gasteiger partial charge >= 0.3 is 0 Å². The molecule has 0 bridgehead atoms. The Kier molecular flexibility index (Phi) is 4.44. The Balaban J connectivity index is 1.63. The molecule has 0 radical (unpaired) electrons. The minimum absolute atomic E-state index is 0.306. The van der Waals surface area contributed by atoms with E-state index in [1.54, 1.807) is 0 Å². The van der Waals surface area contributed by atoms with Gasteiger partial charge in [-0.05, 0) is 68.2 Å². The highest BCUT2D eigenvalue weighted by atomic mass is 16.1. The van der Waals surface area contributed by atoms with Gasteiger partial charge in [0, 0.05) is 11.6 Å². The predicted octanol–water partition coefficient (Wildman–Crippen LogP) is 3.87. The van der Waals surface area contributed by atoms with Gasteiger partial charge in [0.15, 0.2) is 5.78 Å². The fourth-order valence-electron chi connectivity index (χ4n) is 3.28. The van der Waals surface area contributed by atoms with Crippen molar-refractivity contribution in [2.75, 3.05) is 13.1 Å². The predicted molar refractivity (Wildman–Crippen MR) is 86.8 cm³/mol. The maximum absolute atomic E-state index is 12.6. The Hall–Kier alpha value is -1.15. The maximum atomic E-state index is 12.6. The third-order valence-corrected chi connectivity index (χ3v) is 4.82. The number of hydrogen-bond acceptors (Lipinski definition) is 2. The van der Waals surface area contributed by atoms with Gasteiger partial charge in [-0.1, -0.05) is 26.0 Å². The number of Topliss-reactive ketones (excluding diaryl/α,β-unsaturated/α-hetero) is 1. The zero-order valence-electron chi connectivity index (χ0n) is 13.4. The Labute approximate surface area is 128 Å². The van der Waals surface area contributed by atoms with Gasteiger partial charge < -0.3 is 0 Å². The Morgan fingerprint density at radius 1 is 1.24 bits per heavy atom. The molecule has 0 amide bonds. The van der Waals surface area contributed by atoms with Gasteiger partial charge in [0.25, 0.3) is 0 Å². The molecular weight excluding hydrogens is 258 g/mol. The minimum Gasteiger partial charge on any atom is -0.293 e. The molecule has 0 aromatic heterocycles. The van der Waals surface area contributed by atoms with Crippen molar-refractivity contribution in [3.05, 3.63) is 34.9 Å². The van der Waals surface area contributed by atoms with Gasteiger partial charge in [0.2, 0.25) is 0 Å². The molecule has 21 heavy (non-hydrogen) atoms. The molecule has 1 fully saturated rings. The van der Waals surface area contributed by atoms with Crippen LogP contribution in [0.25, 0.3) is 0 Å². The molecule has 114 valence electrons. The zero-order valence-corrected chi connectivity index (χ0v) is 13.4. The smallest absolute Gasteiger partial charge is 0.176 e. The molecule has 0 aliphatic heterocycles. The van der Waals surface area contributed by atoms with E-state index >= 15 is 0 Å². The van der Waals surface area contributed by atoms with Gasteiger partial charge in [-0.3, -0.25) is 9.69 Å². The lowest BCUT2D eigenvalue weighted by Crippen LogP contribution is -2.33. The first-order valence-electron chi connectivity index (χ1n) is 8.52. The van der Waals surface area contributed by atoms with Gasteiger partial charge in [-0.25, -0.2) is 0 Å². The van der Waals surface area contributed by atoms with E-state index in [9.17, 15) is 4.79 Å². The van der Waals surface area contributed by atoms with Crippen molar-refractivity contribution in [2.45, 2.75) is 58.4 Å². The van der Waals surface area contributed by atoms with Crippen LogP contribution in [0.1, 0.15) is 61.0 Å². The first-order chi connectivity index (χ1) is 10.1. The summed E-state index contributed by atoms with van der Waals surface area (Å²) >= 11 is 0. The van der Waals surface area contributed by atoms with E-state index in [0.29, 0.717) is 24.3 Å². The SMILES string of the molecule is CC(C)CCN(CC(=O)c1ccc2c(c1)CCC2)C1CC1. The Morgan fingerprint density at radius 2 is 2.00 bits per heavy atom. The van der Waals surface area contributed by atoms with Crippen LogP contribution in [0.5, 0.6) is 0 Å². The quantitative estimate of drug-likeness (QED) is 0.709. The van der Waals surface area contributed by atoms with Crippen molar-refractivity contribution in [3.63, 3.8) is 0 Å². The molecule has 2 nitrogen and oxygen atoms in total. The van der Waals surface area contributed by atoms with Crippen LogP contribution in [0, 0.1) is 5.92 Å². The normalized spacial score (nSPS) is 17.5. The largest absolute Gasteiger partial charge is 0.293 e. The molecule has 0 unspecified atom stereocenters. The number of carbonyl (C=O) groups excluding carboxylic acids is 1. The lowest BCUT2D eigenvalue weighted by atomic mass is 10.0. The molecule has 1 aromatic carbocycles. The van der Waals surface area contributed by atoms with E-state index in [-0.39, 0.29) is 0 Å². The van der Waals surface area contributed by atoms with Crippen LogP contribution in [0.2, 0.25) is 0 Å². The highest BCUT2D eigenvalue weighted by molar-refractivity contribution is 5.98. The lowest BCUT2D eigenvalue weighted by Gasteiger charge is -2.22. The van der Waals surface area contributed by atoms with Crippen molar-refractivity contribution in [1.29, 1.82) is 0 Å². The van der Waals surface area contributed by atoms with Crippen LogP contribution in [0.4, 0.5) is 0 Å². The van der Waals surface area contributed by atoms with E-state index in [1.165, 1.54) is 43.2 Å². The van der Waals surface area contributed by atoms with Crippen LogP contribution in [0.3, 0.4) is 0 Å². The average molecular weight is 285 g/mol. The summed E-state index contributed by atoms with van der Waals surface area (Å²) in [6.07, 6.45) is 7.32. The fraction of sp³-hybridized carbons (Fsp3) is 0.632. The monoisotopic (exact) mass is 285 g/mol. The molecule has 0 saturated heterocycles. The number of fused-ring (bicyclic) bond motifs is 1. The third-order valence-electron chi connectivity index (χ3n) is 4.82. The molecule has 2 heteroatoms. The second-order valence-electron chi connectivity index (χ2n) is 7.14. The summed E-state index contributed by atoms with van der Waals surface area (Å²) in [5.41, 5.74) is 3.78. The summed E-state index contributed by atoms with van der Waals surface area (Å²) < 4.78 is 0. The fourth-order valence-corrected chi connectivity index (χ4v) is 3.28. The molecule has 2 aliphatic carbocycles. The molecule has 3 rings (SSSR count).